The number of ether oxygens (including phenoxy) is 6. The molecule has 4 saturated heterocycles. The lowest BCUT2D eigenvalue weighted by Gasteiger charge is -2.37. The lowest BCUT2D eigenvalue weighted by atomic mass is 9.84. The predicted octanol–water partition coefficient (Wildman–Crippen LogP) is 19.0. The normalized spacial score (nSPS) is 18.5. The summed E-state index contributed by atoms with van der Waals surface area (Å²) < 4.78 is 105. The number of amides is 4. The number of cyclic esters (lactones) is 2. The van der Waals surface area contributed by atoms with Crippen LogP contribution in [0.15, 0.2) is 206 Å². The Morgan fingerprint density at radius 1 is 0.452 bits per heavy atom. The average molecular weight is 1460 g/mol. The van der Waals surface area contributed by atoms with E-state index in [9.17, 15) is 27.2 Å². The third-order valence-corrected chi connectivity index (χ3v) is 29.6. The summed E-state index contributed by atoms with van der Waals surface area (Å²) in [5.41, 5.74) is 5.43. The Morgan fingerprint density at radius 3 is 1.05 bits per heavy atom. The minimum Gasteiger partial charge on any atom is -0.544 e. The van der Waals surface area contributed by atoms with Gasteiger partial charge in [-0.25, -0.2) is 37.0 Å². The molecule has 8 aromatic rings. The highest BCUT2D eigenvalue weighted by Crippen LogP contribution is 2.47. The van der Waals surface area contributed by atoms with Crippen LogP contribution in [0.5, 0.6) is 11.5 Å². The first-order valence-electron chi connectivity index (χ1n) is 35.3. The fourth-order valence-corrected chi connectivity index (χ4v) is 15.0. The van der Waals surface area contributed by atoms with Gasteiger partial charge in [0, 0.05) is 35.3 Å². The smallest absolute Gasteiger partial charge is 0.417 e. The van der Waals surface area contributed by atoms with Crippen molar-refractivity contribution in [1.82, 2.24) is 9.80 Å². The highest BCUT2D eigenvalue weighted by Gasteiger charge is 2.50. The lowest BCUT2D eigenvalue weighted by Crippen LogP contribution is -2.44. The Bertz CT molecular complexity index is 3930. The molecule has 16 nitrogen and oxygen atoms in total. The molecule has 8 aromatic carbocycles. The van der Waals surface area contributed by atoms with E-state index in [4.69, 9.17) is 37.3 Å². The lowest BCUT2D eigenvalue weighted by molar-refractivity contribution is -0.175. The number of halogens is 4. The third-order valence-electron chi connectivity index (χ3n) is 20.8. The van der Waals surface area contributed by atoms with Crippen molar-refractivity contribution in [2.24, 2.45) is 11.8 Å². The average Bonchev–Trinajstić information content (AvgIpc) is 1.47. The number of nitrogens with one attached hydrogen (secondary N) is 2. The largest absolute Gasteiger partial charge is 0.544 e. The number of hydrogen-bond donors (Lipinski definition) is 2. The van der Waals surface area contributed by atoms with E-state index < -0.39 is 111 Å². The molecule has 4 aliphatic rings. The Kier molecular flexibility index (Phi) is 23.4. The number of rotatable bonds is 24. The third kappa shape index (κ3) is 17.6. The van der Waals surface area contributed by atoms with E-state index >= 15 is 9.59 Å². The highest BCUT2D eigenvalue weighted by molar-refractivity contribution is 6.75. The fraction of sp³-hybridized carbons (Fsp3) is 0.366. The first-order chi connectivity index (χ1) is 49.5. The zero-order valence-corrected chi connectivity index (χ0v) is 62.5. The number of benzene rings is 8. The molecule has 4 aliphatic heterocycles. The Morgan fingerprint density at radius 2 is 0.750 bits per heavy atom. The Balaban J connectivity index is 0.000000208. The molecular formula is C82H92F4N4O12Si2. The van der Waals surface area contributed by atoms with Crippen LogP contribution in [0.1, 0.15) is 125 Å². The number of carbonyl (C=O) groups excluding carboxylic acids is 4. The molecule has 4 amide bonds. The predicted molar refractivity (Wildman–Crippen MR) is 394 cm³/mol. The molecule has 0 radical (unpaired) electrons. The summed E-state index contributed by atoms with van der Waals surface area (Å²) >= 11 is 0. The zero-order valence-electron chi connectivity index (χ0n) is 60.5. The number of nitrogens with zero attached hydrogens (tertiary/aromatic N) is 2. The minimum absolute atomic E-state index is 0.0135. The van der Waals surface area contributed by atoms with Crippen molar-refractivity contribution in [3.05, 3.63) is 263 Å². The van der Waals surface area contributed by atoms with E-state index in [1.807, 2.05) is 109 Å². The van der Waals surface area contributed by atoms with Crippen molar-refractivity contribution in [3.8, 4) is 11.5 Å². The molecule has 4 fully saturated rings. The maximum absolute atomic E-state index is 15.0. The van der Waals surface area contributed by atoms with Gasteiger partial charge in [0.2, 0.25) is 28.4 Å². The molecule has 12 rings (SSSR count). The van der Waals surface area contributed by atoms with Gasteiger partial charge in [-0.15, -0.1) is 0 Å². The van der Waals surface area contributed by atoms with Gasteiger partial charge in [0.25, 0.3) is 0 Å². The zero-order chi connectivity index (χ0) is 74.2. The molecule has 0 aliphatic carbocycles. The molecule has 0 aromatic heterocycles. The van der Waals surface area contributed by atoms with Crippen LogP contribution in [0, 0.1) is 35.1 Å². The van der Waals surface area contributed by atoms with Crippen molar-refractivity contribution in [1.29, 1.82) is 0 Å². The molecular weight excluding hydrogens is 1370 g/mol. The second-order valence-electron chi connectivity index (χ2n) is 29.7. The van der Waals surface area contributed by atoms with Crippen molar-refractivity contribution in [2.75, 3.05) is 50.3 Å². The van der Waals surface area contributed by atoms with E-state index in [1.165, 1.54) is 58.3 Å². The first kappa shape index (κ1) is 76.0. The topological polar surface area (TPSA) is 173 Å². The van der Waals surface area contributed by atoms with Gasteiger partial charge < -0.3 is 47.9 Å². The molecule has 0 spiro atoms. The molecule has 0 saturated carbocycles. The van der Waals surface area contributed by atoms with Crippen LogP contribution >= 0.6 is 0 Å². The number of hydrogen-bond acceptors (Lipinski definition) is 14. The number of imide groups is 2. The van der Waals surface area contributed by atoms with E-state index in [1.54, 1.807) is 48.5 Å². The number of anilines is 2. The van der Waals surface area contributed by atoms with Crippen molar-refractivity contribution < 1.29 is 74.0 Å². The van der Waals surface area contributed by atoms with E-state index in [2.05, 4.69) is 78.4 Å². The minimum atomic E-state index is -2.15. The molecule has 22 heteroatoms. The molecule has 548 valence electrons. The second-order valence-corrected chi connectivity index (χ2v) is 39.2. The Labute approximate surface area is 608 Å². The molecule has 6 atom stereocenters. The van der Waals surface area contributed by atoms with Crippen LogP contribution in [0.2, 0.25) is 36.3 Å². The summed E-state index contributed by atoms with van der Waals surface area (Å²) in [6.07, 6.45) is -0.678. The fourth-order valence-electron chi connectivity index (χ4n) is 13.0. The van der Waals surface area contributed by atoms with Gasteiger partial charge in [0.15, 0.2) is 11.6 Å². The standard InChI is InChI=1S/2C41H46F2N2O6Si/c2*1-40(2,3)52(4,5)51-34-21-11-29(12-22-34)37(44-33-19-17-32(43)18-20-33)35(23-24-41(49-25-26-50-41)30-13-15-31(42)16-14-30)38(46)45-36(27-48-39(45)47)28-9-7-6-8-10-28/h2*6-22,35-37,44H,23-27H2,1-5H3/t35-,36-,37+;35-,36-,37-/m11/s1. The molecule has 0 unspecified atom stereocenters. The van der Waals surface area contributed by atoms with E-state index in [-0.39, 0.29) is 49.0 Å². The van der Waals surface area contributed by atoms with Crippen LogP contribution in [0.4, 0.5) is 38.5 Å². The highest BCUT2D eigenvalue weighted by atomic mass is 28.4. The summed E-state index contributed by atoms with van der Waals surface area (Å²) in [6, 6.07) is 54.9. The van der Waals surface area contributed by atoms with Crippen LogP contribution < -0.4 is 19.5 Å². The first-order valence-corrected chi connectivity index (χ1v) is 41.1. The number of carbonyl (C=O) groups is 4. The van der Waals surface area contributed by atoms with Crippen molar-refractivity contribution in [3.63, 3.8) is 0 Å². The molecule has 104 heavy (non-hydrogen) atoms. The second kappa shape index (κ2) is 32.1. The van der Waals surface area contributed by atoms with Gasteiger partial charge in [-0.3, -0.25) is 9.59 Å². The summed E-state index contributed by atoms with van der Waals surface area (Å²) in [5, 5.41) is 6.96. The van der Waals surface area contributed by atoms with Gasteiger partial charge in [-0.2, -0.15) is 0 Å². The summed E-state index contributed by atoms with van der Waals surface area (Å²) in [5.74, 6) is -5.32. The van der Waals surface area contributed by atoms with Gasteiger partial charge in [-0.05, 0) is 168 Å². The van der Waals surface area contributed by atoms with E-state index in [0.717, 1.165) is 22.3 Å². The van der Waals surface area contributed by atoms with Crippen LogP contribution in [-0.4, -0.2) is 90.1 Å². The van der Waals surface area contributed by atoms with Crippen LogP contribution in [0.25, 0.3) is 0 Å². The Hall–Kier alpha value is -9.17. The quantitative estimate of drug-likeness (QED) is 0.0432. The monoisotopic (exact) mass is 1460 g/mol. The SMILES string of the molecule is CC(C)(C)[Si](C)(C)Oc1ccc([C@@H](Nc2ccc(F)cc2)[C@@H](CCC2(c3ccc(F)cc3)OCCO2)C(=O)N2C(=O)OC[C@@H]2c2ccccc2)cc1.CC(C)(C)[Si](C)(C)Oc1ccc([C@H](Nc2ccc(F)cc2)[C@@H](CCC2(c3ccc(F)cc3)OCCO2)C(=O)N2C(=O)OC[C@@H]2c2ccccc2)cc1. The summed E-state index contributed by atoms with van der Waals surface area (Å²) in [7, 11) is -4.30. The molecule has 4 heterocycles. The van der Waals surface area contributed by atoms with Crippen LogP contribution in [-0.2, 0) is 49.6 Å². The molecule has 0 bridgehead atoms. The van der Waals surface area contributed by atoms with Gasteiger partial charge in [0.05, 0.1) is 50.3 Å². The van der Waals surface area contributed by atoms with Crippen molar-refractivity contribution in [2.45, 2.75) is 139 Å². The van der Waals surface area contributed by atoms with Crippen molar-refractivity contribution >= 4 is 52.0 Å². The van der Waals surface area contributed by atoms with Gasteiger partial charge >= 0.3 is 12.2 Å². The van der Waals surface area contributed by atoms with E-state index in [0.29, 0.717) is 60.4 Å². The van der Waals surface area contributed by atoms with Gasteiger partial charge in [0.1, 0.15) is 60.1 Å². The van der Waals surface area contributed by atoms with Gasteiger partial charge in [-0.1, -0.05) is 151 Å². The molecule has 2 N–H and O–H groups in total. The maximum atomic E-state index is 15.0. The summed E-state index contributed by atoms with van der Waals surface area (Å²) in [4.78, 5) is 59.3. The summed E-state index contributed by atoms with van der Waals surface area (Å²) in [6.45, 7) is 23.1. The maximum Gasteiger partial charge on any atom is 0.417 e. The van der Waals surface area contributed by atoms with Crippen LogP contribution in [0.3, 0.4) is 0 Å².